The van der Waals surface area contributed by atoms with Crippen LogP contribution < -0.4 is 20.1 Å². The molecule has 2 amide bonds. The average Bonchev–Trinajstić information content (AvgIpc) is 3.27. The number of amides is 2. The Balaban J connectivity index is 1.33. The van der Waals surface area contributed by atoms with E-state index in [-0.39, 0.29) is 22.8 Å². The van der Waals surface area contributed by atoms with E-state index in [1.54, 1.807) is 12.1 Å². The summed E-state index contributed by atoms with van der Waals surface area (Å²) in [7, 11) is -2.22. The molecule has 2 heterocycles. The van der Waals surface area contributed by atoms with E-state index >= 15 is 0 Å². The standard InChI is InChI=1S/C24H30N4O5S/c1-33-20-8-10-21(11-9-20)34(31,32)27-18-13-22-24(30)26-15-19(28(22)16-18)7-12-23(29)25-14-17-5-3-2-4-6-17/h2-6,8-11,18-19,22,27H,7,12-16H2,1H3,(H,25,29)(H,26,30)/t18-,19+,22-/m0/s1. The van der Waals surface area contributed by atoms with E-state index in [0.29, 0.717) is 44.6 Å². The molecule has 2 aromatic rings. The van der Waals surface area contributed by atoms with Crippen LogP contribution in [0.3, 0.4) is 0 Å². The number of ether oxygens (including phenoxy) is 1. The van der Waals surface area contributed by atoms with Gasteiger partial charge >= 0.3 is 0 Å². The summed E-state index contributed by atoms with van der Waals surface area (Å²) >= 11 is 0. The van der Waals surface area contributed by atoms with Crippen LogP contribution in [0.5, 0.6) is 5.75 Å². The first-order valence-corrected chi connectivity index (χ1v) is 12.8. The number of carbonyl (C=O) groups excluding carboxylic acids is 2. The van der Waals surface area contributed by atoms with Gasteiger partial charge in [0.05, 0.1) is 18.0 Å². The van der Waals surface area contributed by atoms with Crippen LogP contribution in [0.1, 0.15) is 24.8 Å². The number of hydrogen-bond acceptors (Lipinski definition) is 6. The van der Waals surface area contributed by atoms with Crippen molar-refractivity contribution in [2.75, 3.05) is 20.2 Å². The Hall–Kier alpha value is -2.95. The molecule has 0 bridgehead atoms. The third kappa shape index (κ3) is 5.75. The highest BCUT2D eigenvalue weighted by Crippen LogP contribution is 2.27. The highest BCUT2D eigenvalue weighted by atomic mass is 32.2. The molecule has 3 N–H and O–H groups in total. The lowest BCUT2D eigenvalue weighted by Crippen LogP contribution is -2.58. The van der Waals surface area contributed by atoms with Gasteiger partial charge in [0.1, 0.15) is 5.75 Å². The van der Waals surface area contributed by atoms with Gasteiger partial charge in [-0.1, -0.05) is 30.3 Å². The second-order valence-electron chi connectivity index (χ2n) is 8.64. The lowest BCUT2D eigenvalue weighted by Gasteiger charge is -2.37. The number of rotatable bonds is 9. The Kier molecular flexibility index (Phi) is 7.50. The van der Waals surface area contributed by atoms with Crippen molar-refractivity contribution < 1.29 is 22.7 Å². The van der Waals surface area contributed by atoms with Crippen molar-refractivity contribution in [1.82, 2.24) is 20.3 Å². The molecule has 3 atom stereocenters. The highest BCUT2D eigenvalue weighted by molar-refractivity contribution is 7.89. The van der Waals surface area contributed by atoms with Gasteiger partial charge in [-0.3, -0.25) is 14.5 Å². The number of sulfonamides is 1. The molecule has 0 aromatic heterocycles. The summed E-state index contributed by atoms with van der Waals surface area (Å²) in [6, 6.07) is 15.1. The number of hydrogen-bond donors (Lipinski definition) is 3. The minimum atomic E-state index is -3.73. The van der Waals surface area contributed by atoms with Crippen LogP contribution >= 0.6 is 0 Å². The first-order chi connectivity index (χ1) is 16.4. The molecule has 0 aliphatic carbocycles. The Morgan fingerprint density at radius 3 is 2.59 bits per heavy atom. The smallest absolute Gasteiger partial charge is 0.240 e. The second-order valence-corrected chi connectivity index (χ2v) is 10.4. The summed E-state index contributed by atoms with van der Waals surface area (Å²) in [5.41, 5.74) is 1.03. The molecule has 0 spiro atoms. The molecule has 10 heteroatoms. The SMILES string of the molecule is COc1ccc(S(=O)(=O)N[C@H]2C[C@H]3C(=O)NC[C@@H](CCC(=O)NCc4ccccc4)N3C2)cc1. The van der Waals surface area contributed by atoms with Crippen LogP contribution in [0.25, 0.3) is 0 Å². The largest absolute Gasteiger partial charge is 0.497 e. The van der Waals surface area contributed by atoms with Crippen molar-refractivity contribution in [3.63, 3.8) is 0 Å². The summed E-state index contributed by atoms with van der Waals surface area (Å²) in [6.45, 7) is 1.34. The quantitative estimate of drug-likeness (QED) is 0.487. The Labute approximate surface area is 199 Å². The molecule has 2 aliphatic rings. The zero-order valence-electron chi connectivity index (χ0n) is 19.1. The molecule has 2 fully saturated rings. The summed E-state index contributed by atoms with van der Waals surface area (Å²) in [5, 5.41) is 5.84. The number of benzene rings is 2. The van der Waals surface area contributed by atoms with E-state index in [4.69, 9.17) is 4.74 Å². The summed E-state index contributed by atoms with van der Waals surface area (Å²) < 4.78 is 33.5. The van der Waals surface area contributed by atoms with Gasteiger partial charge < -0.3 is 15.4 Å². The normalized spacial score (nSPS) is 22.6. The molecule has 4 rings (SSSR count). The fourth-order valence-electron chi connectivity index (χ4n) is 4.55. The number of methoxy groups -OCH3 is 1. The van der Waals surface area contributed by atoms with Gasteiger partial charge in [-0.25, -0.2) is 13.1 Å². The molecular formula is C24H30N4O5S. The van der Waals surface area contributed by atoms with Crippen LogP contribution in [-0.4, -0.2) is 63.5 Å². The Bertz CT molecular complexity index is 1110. The minimum Gasteiger partial charge on any atom is -0.497 e. The van der Waals surface area contributed by atoms with E-state index in [1.165, 1.54) is 19.2 Å². The van der Waals surface area contributed by atoms with E-state index in [9.17, 15) is 18.0 Å². The van der Waals surface area contributed by atoms with Gasteiger partial charge in [-0.05, 0) is 42.7 Å². The fraction of sp³-hybridized carbons (Fsp3) is 0.417. The third-order valence-electron chi connectivity index (χ3n) is 6.35. The molecule has 2 aromatic carbocycles. The van der Waals surface area contributed by atoms with Gasteiger partial charge in [0, 0.05) is 38.1 Å². The van der Waals surface area contributed by atoms with Crippen molar-refractivity contribution in [3.05, 3.63) is 60.2 Å². The second kappa shape index (κ2) is 10.5. The summed E-state index contributed by atoms with van der Waals surface area (Å²) in [4.78, 5) is 27.0. The van der Waals surface area contributed by atoms with Gasteiger partial charge in [-0.2, -0.15) is 0 Å². The van der Waals surface area contributed by atoms with Crippen LogP contribution in [0, 0.1) is 0 Å². The number of nitrogens with zero attached hydrogens (tertiary/aromatic N) is 1. The molecule has 2 saturated heterocycles. The zero-order chi connectivity index (χ0) is 24.1. The molecule has 34 heavy (non-hydrogen) atoms. The van der Waals surface area contributed by atoms with Crippen molar-refractivity contribution in [3.8, 4) is 5.75 Å². The van der Waals surface area contributed by atoms with E-state index in [2.05, 4.69) is 15.4 Å². The van der Waals surface area contributed by atoms with Crippen molar-refractivity contribution >= 4 is 21.8 Å². The predicted molar refractivity (Wildman–Crippen MR) is 127 cm³/mol. The fourth-order valence-corrected chi connectivity index (χ4v) is 5.79. The first-order valence-electron chi connectivity index (χ1n) is 11.4. The van der Waals surface area contributed by atoms with Gasteiger partial charge in [0.15, 0.2) is 0 Å². The number of piperazine rings is 1. The average molecular weight is 487 g/mol. The molecule has 0 radical (unpaired) electrons. The Morgan fingerprint density at radius 1 is 1.15 bits per heavy atom. The Morgan fingerprint density at radius 2 is 1.88 bits per heavy atom. The van der Waals surface area contributed by atoms with Gasteiger partial charge in [0.2, 0.25) is 21.8 Å². The monoisotopic (exact) mass is 486 g/mol. The highest BCUT2D eigenvalue weighted by Gasteiger charge is 2.44. The lowest BCUT2D eigenvalue weighted by atomic mass is 10.0. The van der Waals surface area contributed by atoms with E-state index in [0.717, 1.165) is 5.56 Å². The molecule has 2 aliphatic heterocycles. The number of fused-ring (bicyclic) bond motifs is 1. The lowest BCUT2D eigenvalue weighted by molar-refractivity contribution is -0.129. The van der Waals surface area contributed by atoms with Crippen LogP contribution in [0.4, 0.5) is 0 Å². The maximum atomic E-state index is 12.8. The zero-order valence-corrected chi connectivity index (χ0v) is 19.9. The van der Waals surface area contributed by atoms with Crippen LogP contribution in [0.2, 0.25) is 0 Å². The topological polar surface area (TPSA) is 117 Å². The summed E-state index contributed by atoms with van der Waals surface area (Å²) in [5.74, 6) is 0.424. The van der Waals surface area contributed by atoms with Crippen LogP contribution in [0.15, 0.2) is 59.5 Å². The number of nitrogens with one attached hydrogen (secondary N) is 3. The van der Waals surface area contributed by atoms with Gasteiger partial charge in [0.25, 0.3) is 0 Å². The van der Waals surface area contributed by atoms with E-state index in [1.807, 2.05) is 35.2 Å². The maximum Gasteiger partial charge on any atom is 0.240 e. The molecular weight excluding hydrogens is 456 g/mol. The van der Waals surface area contributed by atoms with Gasteiger partial charge in [-0.15, -0.1) is 0 Å². The molecule has 0 unspecified atom stereocenters. The van der Waals surface area contributed by atoms with Crippen LogP contribution in [-0.2, 0) is 26.2 Å². The first kappa shape index (κ1) is 24.2. The molecule has 0 saturated carbocycles. The molecule has 182 valence electrons. The van der Waals surface area contributed by atoms with Crippen molar-refractivity contribution in [2.24, 2.45) is 0 Å². The third-order valence-corrected chi connectivity index (χ3v) is 7.89. The number of carbonyl (C=O) groups is 2. The molecule has 9 nitrogen and oxygen atoms in total. The summed E-state index contributed by atoms with van der Waals surface area (Å²) in [6.07, 6.45) is 1.30. The minimum absolute atomic E-state index is 0.0272. The van der Waals surface area contributed by atoms with E-state index < -0.39 is 22.1 Å². The predicted octanol–water partition coefficient (Wildman–Crippen LogP) is 1.01. The van der Waals surface area contributed by atoms with Crippen molar-refractivity contribution in [1.29, 1.82) is 0 Å². The maximum absolute atomic E-state index is 12.8. The van der Waals surface area contributed by atoms with Crippen molar-refractivity contribution in [2.45, 2.75) is 48.8 Å².